The van der Waals surface area contributed by atoms with E-state index in [0.717, 1.165) is 0 Å². The lowest BCUT2D eigenvalue weighted by atomic mass is 10.00. The van der Waals surface area contributed by atoms with E-state index >= 15 is 0 Å². The van der Waals surface area contributed by atoms with Gasteiger partial charge >= 0.3 is 0 Å². The maximum Gasteiger partial charge on any atom is 0.277 e. The van der Waals surface area contributed by atoms with Crippen molar-refractivity contribution >= 4 is 11.4 Å². The van der Waals surface area contributed by atoms with Gasteiger partial charge in [-0.25, -0.2) is 0 Å². The van der Waals surface area contributed by atoms with Gasteiger partial charge in [0.05, 0.1) is 21.0 Å². The Morgan fingerprint density at radius 3 is 1.28 bits per heavy atom. The van der Waals surface area contributed by atoms with Crippen LogP contribution in [-0.2, 0) is 0 Å². The summed E-state index contributed by atoms with van der Waals surface area (Å²) in [5.41, 5.74) is 1.72. The van der Waals surface area contributed by atoms with E-state index in [1.54, 1.807) is 72.8 Å². The monoisotopic (exact) mass is 426 g/mol. The number of benzene rings is 4. The maximum atomic E-state index is 11.5. The predicted molar refractivity (Wildman–Crippen MR) is 117 cm³/mol. The van der Waals surface area contributed by atoms with Gasteiger partial charge in [-0.1, -0.05) is 48.5 Å². The molecule has 0 fully saturated rings. The molecule has 0 bridgehead atoms. The van der Waals surface area contributed by atoms with Gasteiger partial charge in [0, 0.05) is 23.3 Å². The Morgan fingerprint density at radius 1 is 0.500 bits per heavy atom. The first-order valence-corrected chi connectivity index (χ1v) is 9.64. The highest BCUT2D eigenvalue weighted by Crippen LogP contribution is 2.54. The maximum absolute atomic E-state index is 11.5. The molecule has 1 aliphatic heterocycles. The SMILES string of the molecule is O=[N+]([O-])c1ccccc1-c1cccc2c1Oc1cccc(-c3ccccc3[N+](=O)[O-])c1O2. The van der Waals surface area contributed by atoms with Crippen molar-refractivity contribution in [1.29, 1.82) is 0 Å². The number of nitro groups is 2. The third-order valence-electron chi connectivity index (χ3n) is 5.16. The smallest absolute Gasteiger partial charge is 0.277 e. The number of nitro benzene ring substituents is 2. The summed E-state index contributed by atoms with van der Waals surface area (Å²) < 4.78 is 12.3. The summed E-state index contributed by atoms with van der Waals surface area (Å²) in [6.07, 6.45) is 0. The van der Waals surface area contributed by atoms with Crippen LogP contribution in [0.2, 0.25) is 0 Å². The number of nitrogens with zero attached hydrogens (tertiary/aromatic N) is 2. The van der Waals surface area contributed by atoms with Gasteiger partial charge in [0.15, 0.2) is 23.0 Å². The normalized spacial score (nSPS) is 11.5. The highest BCUT2D eigenvalue weighted by Gasteiger charge is 2.29. The third-order valence-corrected chi connectivity index (χ3v) is 5.16. The molecule has 0 N–H and O–H groups in total. The van der Waals surface area contributed by atoms with Crippen molar-refractivity contribution in [2.45, 2.75) is 0 Å². The Kier molecular flexibility index (Phi) is 4.52. The second-order valence-corrected chi connectivity index (χ2v) is 7.02. The van der Waals surface area contributed by atoms with Crippen molar-refractivity contribution in [3.05, 3.63) is 105 Å². The first-order chi connectivity index (χ1) is 15.5. The van der Waals surface area contributed by atoms with Crippen LogP contribution >= 0.6 is 0 Å². The zero-order chi connectivity index (χ0) is 22.2. The lowest BCUT2D eigenvalue weighted by Crippen LogP contribution is -2.03. The van der Waals surface area contributed by atoms with E-state index in [1.807, 2.05) is 0 Å². The molecule has 0 saturated carbocycles. The molecule has 0 saturated heterocycles. The highest BCUT2D eigenvalue weighted by atomic mass is 16.6. The van der Waals surface area contributed by atoms with E-state index in [9.17, 15) is 20.2 Å². The Bertz CT molecular complexity index is 1290. The van der Waals surface area contributed by atoms with Crippen molar-refractivity contribution in [2.24, 2.45) is 0 Å². The molecule has 0 atom stereocenters. The molecule has 0 unspecified atom stereocenters. The number of hydrogen-bond acceptors (Lipinski definition) is 6. The molecule has 32 heavy (non-hydrogen) atoms. The van der Waals surface area contributed by atoms with Crippen molar-refractivity contribution in [2.75, 3.05) is 0 Å². The van der Waals surface area contributed by atoms with Crippen LogP contribution in [0.3, 0.4) is 0 Å². The third kappa shape index (κ3) is 3.10. The van der Waals surface area contributed by atoms with Gasteiger partial charge in [-0.3, -0.25) is 20.2 Å². The van der Waals surface area contributed by atoms with Crippen LogP contribution in [0.4, 0.5) is 11.4 Å². The summed E-state index contributed by atoms with van der Waals surface area (Å²) in [6.45, 7) is 0. The van der Waals surface area contributed by atoms with E-state index in [1.165, 1.54) is 12.1 Å². The minimum Gasteiger partial charge on any atom is -0.449 e. The van der Waals surface area contributed by atoms with Crippen molar-refractivity contribution in [1.82, 2.24) is 0 Å². The molecule has 1 heterocycles. The first-order valence-electron chi connectivity index (χ1n) is 9.64. The lowest BCUT2D eigenvalue weighted by molar-refractivity contribution is -0.384. The lowest BCUT2D eigenvalue weighted by Gasteiger charge is -2.24. The average molecular weight is 426 g/mol. The van der Waals surface area contributed by atoms with Crippen LogP contribution < -0.4 is 9.47 Å². The van der Waals surface area contributed by atoms with Crippen LogP contribution in [0.25, 0.3) is 22.3 Å². The topological polar surface area (TPSA) is 105 Å². The highest BCUT2D eigenvalue weighted by molar-refractivity contribution is 5.85. The molecule has 4 aromatic carbocycles. The van der Waals surface area contributed by atoms with Gasteiger partial charge in [-0.05, 0) is 24.3 Å². The zero-order valence-corrected chi connectivity index (χ0v) is 16.4. The number of ether oxygens (including phenoxy) is 2. The van der Waals surface area contributed by atoms with E-state index in [0.29, 0.717) is 45.3 Å². The van der Waals surface area contributed by atoms with Crippen LogP contribution in [0.1, 0.15) is 0 Å². The largest absolute Gasteiger partial charge is 0.449 e. The van der Waals surface area contributed by atoms with Crippen LogP contribution in [0.15, 0.2) is 84.9 Å². The second-order valence-electron chi connectivity index (χ2n) is 7.02. The van der Waals surface area contributed by atoms with E-state index < -0.39 is 9.85 Å². The quantitative estimate of drug-likeness (QED) is 0.233. The number of rotatable bonds is 4. The van der Waals surface area contributed by atoms with Crippen molar-refractivity contribution in [3.63, 3.8) is 0 Å². The minimum atomic E-state index is -0.445. The van der Waals surface area contributed by atoms with Crippen LogP contribution in [0.5, 0.6) is 23.0 Å². The van der Waals surface area contributed by atoms with Gasteiger partial charge in [-0.2, -0.15) is 0 Å². The summed E-state index contributed by atoms with van der Waals surface area (Å²) in [5, 5.41) is 23.1. The summed E-state index contributed by atoms with van der Waals surface area (Å²) in [7, 11) is 0. The fourth-order valence-electron chi connectivity index (χ4n) is 3.77. The molecule has 4 aromatic rings. The number of para-hydroxylation sites is 4. The molecular formula is C24H14N2O6. The number of hydrogen-bond donors (Lipinski definition) is 0. The zero-order valence-electron chi connectivity index (χ0n) is 16.4. The summed E-state index contributed by atoms with van der Waals surface area (Å²) in [6, 6.07) is 23.0. The van der Waals surface area contributed by atoms with E-state index in [-0.39, 0.29) is 11.4 Å². The van der Waals surface area contributed by atoms with Gasteiger partial charge in [0.2, 0.25) is 0 Å². The van der Waals surface area contributed by atoms with Gasteiger partial charge < -0.3 is 9.47 Å². The molecule has 1 aliphatic rings. The molecule has 5 rings (SSSR count). The number of fused-ring (bicyclic) bond motifs is 2. The predicted octanol–water partition coefficient (Wildman–Crippen LogP) is 6.74. The van der Waals surface area contributed by atoms with Crippen molar-refractivity contribution < 1.29 is 19.3 Å². The van der Waals surface area contributed by atoms with E-state index in [4.69, 9.17) is 9.47 Å². The van der Waals surface area contributed by atoms with Crippen LogP contribution in [-0.4, -0.2) is 9.85 Å². The molecule has 156 valence electrons. The summed E-state index contributed by atoms with van der Waals surface area (Å²) in [5.74, 6) is 1.40. The Labute approximate surface area is 181 Å². The molecule has 0 aromatic heterocycles. The fraction of sp³-hybridized carbons (Fsp3) is 0. The Balaban J connectivity index is 1.65. The molecule has 0 spiro atoms. The van der Waals surface area contributed by atoms with Gasteiger partial charge in [0.1, 0.15) is 0 Å². The molecule has 0 aliphatic carbocycles. The standard InChI is InChI=1S/C24H14N2O6/c27-25(28)19-11-3-1-7-15(19)17-9-5-13-21-23(17)31-22-14-6-10-18(24(22)32-21)16-8-2-4-12-20(16)26(29)30/h1-14H. The Morgan fingerprint density at radius 2 is 0.875 bits per heavy atom. The molecular weight excluding hydrogens is 412 g/mol. The van der Waals surface area contributed by atoms with Crippen LogP contribution in [0, 0.1) is 20.2 Å². The first kappa shape index (κ1) is 19.3. The molecule has 0 amide bonds. The second kappa shape index (κ2) is 7.51. The summed E-state index contributed by atoms with van der Waals surface area (Å²) in [4.78, 5) is 22.2. The van der Waals surface area contributed by atoms with E-state index in [2.05, 4.69) is 0 Å². The molecule has 8 heteroatoms. The minimum absolute atomic E-state index is 0.0519. The average Bonchev–Trinajstić information content (AvgIpc) is 2.82. The molecule has 0 radical (unpaired) electrons. The summed E-state index contributed by atoms with van der Waals surface area (Å²) >= 11 is 0. The Hall–Kier alpha value is -4.72. The molecule has 8 nitrogen and oxygen atoms in total. The van der Waals surface area contributed by atoms with Crippen molar-refractivity contribution in [3.8, 4) is 45.3 Å². The fourth-order valence-corrected chi connectivity index (χ4v) is 3.77. The van der Waals surface area contributed by atoms with Gasteiger partial charge in [0.25, 0.3) is 11.4 Å². The van der Waals surface area contributed by atoms with Gasteiger partial charge in [-0.15, -0.1) is 0 Å².